The van der Waals surface area contributed by atoms with Gasteiger partial charge in [0.25, 0.3) is 5.56 Å². The second kappa shape index (κ2) is 7.35. The van der Waals surface area contributed by atoms with Crippen molar-refractivity contribution in [3.8, 4) is 0 Å². The second-order valence-corrected chi connectivity index (χ2v) is 7.67. The minimum absolute atomic E-state index is 0.0483. The van der Waals surface area contributed by atoms with Crippen LogP contribution in [0.5, 0.6) is 0 Å². The predicted octanol–water partition coefficient (Wildman–Crippen LogP) is 1.39. The Bertz CT molecular complexity index is 587. The Morgan fingerprint density at radius 1 is 1.45 bits per heavy atom. The molecule has 8 heteroatoms. The molecule has 2 aliphatic rings. The third-order valence-corrected chi connectivity index (χ3v) is 5.74. The fourth-order valence-electron chi connectivity index (χ4n) is 2.47. The average Bonchev–Trinajstić information content (AvgIpc) is 3.13. The van der Waals surface area contributed by atoms with Gasteiger partial charge in [-0.1, -0.05) is 18.7 Å². The summed E-state index contributed by atoms with van der Waals surface area (Å²) in [5.74, 6) is 0.640. The van der Waals surface area contributed by atoms with Crippen LogP contribution in [-0.4, -0.2) is 53.8 Å². The lowest BCUT2D eigenvalue weighted by atomic mass is 10.2. The van der Waals surface area contributed by atoms with E-state index in [4.69, 9.17) is 19.2 Å². The van der Waals surface area contributed by atoms with E-state index >= 15 is 0 Å². The number of hydrogen-bond acceptors (Lipinski definition) is 7. The fourth-order valence-corrected chi connectivity index (χ4v) is 4.57. The Kier molecular flexibility index (Phi) is 5.46. The van der Waals surface area contributed by atoms with Crippen LogP contribution in [0.2, 0.25) is 0 Å². The molecule has 1 fully saturated rings. The van der Waals surface area contributed by atoms with Gasteiger partial charge in [-0.2, -0.15) is 0 Å². The summed E-state index contributed by atoms with van der Waals surface area (Å²) >= 11 is 3.14. The van der Waals surface area contributed by atoms with Gasteiger partial charge in [0.05, 0.1) is 42.7 Å². The molecule has 1 unspecified atom stereocenters. The first-order chi connectivity index (χ1) is 10.7. The van der Waals surface area contributed by atoms with Crippen molar-refractivity contribution < 1.29 is 14.2 Å². The summed E-state index contributed by atoms with van der Waals surface area (Å²) < 4.78 is 17.7. The van der Waals surface area contributed by atoms with Crippen molar-refractivity contribution in [3.05, 3.63) is 16.0 Å². The van der Waals surface area contributed by atoms with Gasteiger partial charge in [0, 0.05) is 18.8 Å². The van der Waals surface area contributed by atoms with Gasteiger partial charge in [-0.15, -0.1) is 11.8 Å². The van der Waals surface area contributed by atoms with Crippen LogP contribution in [0.3, 0.4) is 0 Å². The van der Waals surface area contributed by atoms with E-state index in [-0.39, 0.29) is 11.8 Å². The highest BCUT2D eigenvalue weighted by Crippen LogP contribution is 2.34. The van der Waals surface area contributed by atoms with Crippen LogP contribution in [0.4, 0.5) is 0 Å². The number of aromatic nitrogens is 2. The zero-order chi connectivity index (χ0) is 15.5. The number of fused-ring (bicyclic) bond motifs is 1. The first-order valence-corrected chi connectivity index (χ1v) is 9.21. The smallest absolute Gasteiger partial charge is 0.268 e. The Morgan fingerprint density at radius 3 is 2.95 bits per heavy atom. The fraction of sp³-hybridized carbons (Fsp3) is 0.714. The molecule has 1 atom stereocenters. The van der Waals surface area contributed by atoms with Crippen molar-refractivity contribution in [2.45, 2.75) is 41.5 Å². The number of thioether (sulfide) groups is 2. The van der Waals surface area contributed by atoms with E-state index in [0.717, 1.165) is 22.2 Å². The van der Waals surface area contributed by atoms with E-state index in [2.05, 4.69) is 6.92 Å². The molecule has 0 amide bonds. The Balaban J connectivity index is 1.84. The van der Waals surface area contributed by atoms with Gasteiger partial charge in [0.15, 0.2) is 11.4 Å². The second-order valence-electron chi connectivity index (χ2n) is 5.23. The molecule has 0 aromatic carbocycles. The lowest BCUT2D eigenvalue weighted by Crippen LogP contribution is -2.27. The highest BCUT2D eigenvalue weighted by atomic mass is 32.2. The van der Waals surface area contributed by atoms with Crippen molar-refractivity contribution >= 4 is 23.5 Å². The van der Waals surface area contributed by atoms with Gasteiger partial charge in [-0.05, 0) is 0 Å². The highest BCUT2D eigenvalue weighted by molar-refractivity contribution is 8.00. The third-order valence-electron chi connectivity index (χ3n) is 3.52. The van der Waals surface area contributed by atoms with E-state index in [1.54, 1.807) is 23.4 Å². The molecule has 0 bridgehead atoms. The van der Waals surface area contributed by atoms with E-state index < -0.39 is 0 Å². The molecular formula is C14H20N2O4S2. The largest absolute Gasteiger partial charge is 0.383 e. The van der Waals surface area contributed by atoms with E-state index in [9.17, 15) is 4.79 Å². The molecule has 6 nitrogen and oxygen atoms in total. The summed E-state index contributed by atoms with van der Waals surface area (Å²) in [6, 6.07) is 0. The SMILES string of the molecule is COCCn1c(SCC2OCCO2)nc2c(c1=O)SC(C)C2. The van der Waals surface area contributed by atoms with Gasteiger partial charge in [0.2, 0.25) is 0 Å². The molecular weight excluding hydrogens is 324 g/mol. The van der Waals surface area contributed by atoms with Crippen LogP contribution in [0.25, 0.3) is 0 Å². The Morgan fingerprint density at radius 2 is 2.23 bits per heavy atom. The lowest BCUT2D eigenvalue weighted by molar-refractivity contribution is -0.0215. The number of methoxy groups -OCH3 is 1. The standard InChI is InChI=1S/C14H20N2O4S2/c1-9-7-10-12(22-9)13(17)16(3-4-18-2)14(15-10)21-8-11-19-5-6-20-11/h9,11H,3-8H2,1-2H3. The van der Waals surface area contributed by atoms with Crippen LogP contribution in [0.1, 0.15) is 12.6 Å². The maximum atomic E-state index is 12.7. The molecule has 0 saturated carbocycles. The number of nitrogens with zero attached hydrogens (tertiary/aromatic N) is 2. The molecule has 1 aromatic rings. The number of rotatable bonds is 6. The van der Waals surface area contributed by atoms with Crippen molar-refractivity contribution in [3.63, 3.8) is 0 Å². The molecule has 1 aromatic heterocycles. The van der Waals surface area contributed by atoms with Gasteiger partial charge in [-0.3, -0.25) is 9.36 Å². The molecule has 0 N–H and O–H groups in total. The molecule has 0 radical (unpaired) electrons. The summed E-state index contributed by atoms with van der Waals surface area (Å²) in [4.78, 5) is 18.2. The topological polar surface area (TPSA) is 62.6 Å². The molecule has 1 saturated heterocycles. The summed E-state index contributed by atoms with van der Waals surface area (Å²) in [5.41, 5.74) is 0.971. The average molecular weight is 344 g/mol. The minimum atomic E-state index is -0.209. The normalized spacial score (nSPS) is 21.5. The van der Waals surface area contributed by atoms with E-state index in [1.165, 1.54) is 11.8 Å². The van der Waals surface area contributed by atoms with Gasteiger partial charge >= 0.3 is 0 Å². The highest BCUT2D eigenvalue weighted by Gasteiger charge is 2.27. The van der Waals surface area contributed by atoms with Crippen molar-refractivity contribution in [2.24, 2.45) is 0 Å². The van der Waals surface area contributed by atoms with Crippen molar-refractivity contribution in [2.75, 3.05) is 32.7 Å². The maximum Gasteiger partial charge on any atom is 0.268 e. The third kappa shape index (κ3) is 3.51. The minimum Gasteiger partial charge on any atom is -0.383 e. The quantitative estimate of drug-likeness (QED) is 0.571. The Labute approximate surface area is 137 Å². The van der Waals surface area contributed by atoms with E-state index in [1.807, 2.05) is 0 Å². The molecule has 2 aliphatic heterocycles. The lowest BCUT2D eigenvalue weighted by Gasteiger charge is -2.14. The van der Waals surface area contributed by atoms with Gasteiger partial charge in [0.1, 0.15) is 0 Å². The molecule has 122 valence electrons. The molecule has 3 heterocycles. The summed E-state index contributed by atoms with van der Waals surface area (Å²) in [6.07, 6.45) is 0.643. The molecule has 3 rings (SSSR count). The van der Waals surface area contributed by atoms with Crippen LogP contribution in [0, 0.1) is 0 Å². The van der Waals surface area contributed by atoms with Crippen LogP contribution in [-0.2, 0) is 27.2 Å². The summed E-state index contributed by atoms with van der Waals surface area (Å²) in [6.45, 7) is 4.39. The van der Waals surface area contributed by atoms with Crippen LogP contribution < -0.4 is 5.56 Å². The number of hydrogen-bond donors (Lipinski definition) is 0. The molecule has 22 heavy (non-hydrogen) atoms. The van der Waals surface area contributed by atoms with Crippen molar-refractivity contribution in [1.29, 1.82) is 0 Å². The molecule has 0 aliphatic carbocycles. The van der Waals surface area contributed by atoms with Gasteiger partial charge in [-0.25, -0.2) is 4.98 Å². The monoisotopic (exact) mass is 344 g/mol. The van der Waals surface area contributed by atoms with Crippen LogP contribution in [0.15, 0.2) is 14.8 Å². The maximum absolute atomic E-state index is 12.7. The van der Waals surface area contributed by atoms with Gasteiger partial charge < -0.3 is 14.2 Å². The summed E-state index contributed by atoms with van der Waals surface area (Å²) in [7, 11) is 1.63. The van der Waals surface area contributed by atoms with Crippen LogP contribution >= 0.6 is 23.5 Å². The zero-order valence-corrected chi connectivity index (χ0v) is 14.4. The molecule has 0 spiro atoms. The summed E-state index contributed by atoms with van der Waals surface area (Å²) in [5, 5.41) is 1.14. The number of ether oxygens (including phenoxy) is 3. The Hall–Kier alpha value is -0.540. The predicted molar refractivity (Wildman–Crippen MR) is 85.8 cm³/mol. The van der Waals surface area contributed by atoms with Crippen molar-refractivity contribution in [1.82, 2.24) is 9.55 Å². The zero-order valence-electron chi connectivity index (χ0n) is 12.7. The first-order valence-electron chi connectivity index (χ1n) is 7.34. The first kappa shape index (κ1) is 16.3. The van der Waals surface area contributed by atoms with E-state index in [0.29, 0.717) is 37.4 Å².